The van der Waals surface area contributed by atoms with Crippen LogP contribution in [0.2, 0.25) is 0 Å². The van der Waals surface area contributed by atoms with E-state index in [0.717, 1.165) is 25.7 Å². The predicted molar refractivity (Wildman–Crippen MR) is 43.1 cm³/mol. The molecule has 1 rings (SSSR count). The molecule has 0 amide bonds. The molecule has 0 bridgehead atoms. The topological polar surface area (TPSA) is 63.4 Å². The molecule has 66 valence electrons. The summed E-state index contributed by atoms with van der Waals surface area (Å²) >= 11 is 0. The third kappa shape index (κ3) is 2.15. The van der Waals surface area contributed by atoms with Crippen LogP contribution in [0.25, 0.3) is 0 Å². The summed E-state index contributed by atoms with van der Waals surface area (Å²) in [6, 6.07) is 0.144. The van der Waals surface area contributed by atoms with Gasteiger partial charge in [-0.3, -0.25) is 0 Å². The zero-order chi connectivity index (χ0) is 8.48. The number of nitrogens with two attached hydrogens (primary N) is 1. The lowest BCUT2D eigenvalue weighted by Crippen LogP contribution is -2.39. The van der Waals surface area contributed by atoms with E-state index >= 15 is 0 Å². The zero-order valence-electron chi connectivity index (χ0n) is 6.66. The summed E-state index contributed by atoms with van der Waals surface area (Å²) in [7, 11) is -1.91. The molecule has 4 nitrogen and oxygen atoms in total. The number of nitrogens with zero attached hydrogens (tertiary/aromatic N) is 1. The molecule has 0 atom stereocenters. The van der Waals surface area contributed by atoms with Gasteiger partial charge >= 0.3 is 0 Å². The highest BCUT2D eigenvalue weighted by Gasteiger charge is 2.25. The van der Waals surface area contributed by atoms with E-state index in [0.29, 0.717) is 0 Å². The van der Waals surface area contributed by atoms with E-state index in [1.165, 1.54) is 4.31 Å². The lowest BCUT2D eigenvalue weighted by Gasteiger charge is -2.20. The zero-order valence-corrected chi connectivity index (χ0v) is 7.47. The van der Waals surface area contributed by atoms with Crippen molar-refractivity contribution in [1.82, 2.24) is 4.31 Å². The van der Waals surface area contributed by atoms with Crippen LogP contribution in [-0.4, -0.2) is 25.8 Å². The second kappa shape index (κ2) is 3.08. The van der Waals surface area contributed by atoms with Crippen LogP contribution in [0.5, 0.6) is 0 Å². The molecule has 0 aromatic carbocycles. The smallest absolute Gasteiger partial charge is 0.216 e. The van der Waals surface area contributed by atoms with E-state index in [1.807, 2.05) is 0 Å². The van der Waals surface area contributed by atoms with Gasteiger partial charge in [-0.1, -0.05) is 12.8 Å². The van der Waals surface area contributed by atoms with Crippen molar-refractivity contribution >= 4 is 10.2 Å². The Morgan fingerprint density at radius 2 is 1.82 bits per heavy atom. The van der Waals surface area contributed by atoms with E-state index in [-0.39, 0.29) is 6.04 Å². The Morgan fingerprint density at radius 1 is 1.36 bits per heavy atom. The molecule has 0 heterocycles. The molecule has 1 aliphatic carbocycles. The molecule has 0 radical (unpaired) electrons. The Balaban J connectivity index is 2.60. The third-order valence-electron chi connectivity index (χ3n) is 2.24. The first-order valence-electron chi connectivity index (χ1n) is 3.77. The van der Waals surface area contributed by atoms with Gasteiger partial charge in [0.1, 0.15) is 0 Å². The van der Waals surface area contributed by atoms with Crippen LogP contribution in [-0.2, 0) is 10.2 Å². The van der Waals surface area contributed by atoms with E-state index in [9.17, 15) is 8.42 Å². The highest BCUT2D eigenvalue weighted by molar-refractivity contribution is 7.86. The van der Waals surface area contributed by atoms with Crippen LogP contribution in [0.15, 0.2) is 0 Å². The number of hydrogen-bond donors (Lipinski definition) is 1. The fraction of sp³-hybridized carbons (Fsp3) is 1.00. The third-order valence-corrected chi connectivity index (χ3v) is 3.34. The van der Waals surface area contributed by atoms with Crippen molar-refractivity contribution in [3.8, 4) is 0 Å². The second-order valence-electron chi connectivity index (χ2n) is 3.00. The van der Waals surface area contributed by atoms with Crippen molar-refractivity contribution < 1.29 is 8.42 Å². The summed E-state index contributed by atoms with van der Waals surface area (Å²) < 4.78 is 22.9. The number of rotatable bonds is 2. The minimum atomic E-state index is -3.45. The first-order valence-corrected chi connectivity index (χ1v) is 5.28. The maximum absolute atomic E-state index is 10.8. The van der Waals surface area contributed by atoms with Gasteiger partial charge in [-0.2, -0.15) is 12.7 Å². The average molecular weight is 178 g/mol. The van der Waals surface area contributed by atoms with Gasteiger partial charge in [-0.05, 0) is 12.8 Å². The van der Waals surface area contributed by atoms with Crippen molar-refractivity contribution in [3.05, 3.63) is 0 Å². The molecule has 11 heavy (non-hydrogen) atoms. The van der Waals surface area contributed by atoms with Crippen LogP contribution >= 0.6 is 0 Å². The van der Waals surface area contributed by atoms with Crippen molar-refractivity contribution in [1.29, 1.82) is 0 Å². The molecular weight excluding hydrogens is 164 g/mol. The highest BCUT2D eigenvalue weighted by atomic mass is 32.2. The van der Waals surface area contributed by atoms with Gasteiger partial charge in [0.05, 0.1) is 0 Å². The quantitative estimate of drug-likeness (QED) is 0.650. The monoisotopic (exact) mass is 178 g/mol. The van der Waals surface area contributed by atoms with E-state index in [2.05, 4.69) is 0 Å². The molecule has 0 unspecified atom stereocenters. The standard InChI is InChI=1S/C6H14N2O2S/c1-8(11(7,9)10)6-4-2-3-5-6/h6H,2-5H2,1H3,(H2,7,9,10). The van der Waals surface area contributed by atoms with Gasteiger partial charge < -0.3 is 0 Å². The molecule has 1 aliphatic rings. The van der Waals surface area contributed by atoms with Gasteiger partial charge in [-0.15, -0.1) is 0 Å². The van der Waals surface area contributed by atoms with Crippen molar-refractivity contribution in [2.75, 3.05) is 7.05 Å². The summed E-state index contributed by atoms with van der Waals surface area (Å²) in [5.41, 5.74) is 0. The predicted octanol–water partition coefficient (Wildman–Crippen LogP) is 0.0643. The summed E-state index contributed by atoms with van der Waals surface area (Å²) in [4.78, 5) is 0. The Morgan fingerprint density at radius 3 is 2.18 bits per heavy atom. The fourth-order valence-corrected chi connectivity index (χ4v) is 2.10. The molecule has 0 aromatic heterocycles. The first-order chi connectivity index (χ1) is 5.02. The van der Waals surface area contributed by atoms with Gasteiger partial charge in [0.25, 0.3) is 10.2 Å². The Kier molecular flexibility index (Phi) is 2.51. The van der Waals surface area contributed by atoms with E-state index in [4.69, 9.17) is 5.14 Å². The molecule has 1 fully saturated rings. The molecule has 0 aromatic rings. The van der Waals surface area contributed by atoms with Gasteiger partial charge in [0.2, 0.25) is 0 Å². The number of hydrogen-bond acceptors (Lipinski definition) is 2. The Bertz CT molecular complexity index is 219. The second-order valence-corrected chi connectivity index (χ2v) is 4.61. The SMILES string of the molecule is CN(C1CCCC1)S(N)(=O)=O. The maximum atomic E-state index is 10.8. The molecule has 0 spiro atoms. The van der Waals surface area contributed by atoms with Crippen molar-refractivity contribution in [3.63, 3.8) is 0 Å². The summed E-state index contributed by atoms with van der Waals surface area (Å²) in [6.07, 6.45) is 4.13. The molecular formula is C6H14N2O2S. The normalized spacial score (nSPS) is 21.4. The summed E-state index contributed by atoms with van der Waals surface area (Å²) in [5, 5.41) is 4.96. The first kappa shape index (κ1) is 8.96. The lowest BCUT2D eigenvalue weighted by atomic mass is 10.3. The van der Waals surface area contributed by atoms with Gasteiger partial charge in [-0.25, -0.2) is 5.14 Å². The molecule has 5 heteroatoms. The lowest BCUT2D eigenvalue weighted by molar-refractivity contribution is 0.373. The van der Waals surface area contributed by atoms with Gasteiger partial charge in [0.15, 0.2) is 0 Å². The largest absolute Gasteiger partial charge is 0.276 e. The maximum Gasteiger partial charge on any atom is 0.276 e. The van der Waals surface area contributed by atoms with Crippen LogP contribution in [0.1, 0.15) is 25.7 Å². The minimum absolute atomic E-state index is 0.144. The van der Waals surface area contributed by atoms with Gasteiger partial charge in [0, 0.05) is 13.1 Å². The van der Waals surface area contributed by atoms with Crippen LogP contribution < -0.4 is 5.14 Å². The average Bonchev–Trinajstić information content (AvgIpc) is 2.34. The summed E-state index contributed by atoms with van der Waals surface area (Å²) in [6.45, 7) is 0. The van der Waals surface area contributed by atoms with Crippen LogP contribution in [0.3, 0.4) is 0 Å². The molecule has 1 saturated carbocycles. The Labute approximate surface area is 67.6 Å². The van der Waals surface area contributed by atoms with Crippen molar-refractivity contribution in [2.24, 2.45) is 5.14 Å². The van der Waals surface area contributed by atoms with Crippen LogP contribution in [0.4, 0.5) is 0 Å². The highest BCUT2D eigenvalue weighted by Crippen LogP contribution is 2.23. The molecule has 0 saturated heterocycles. The van der Waals surface area contributed by atoms with Crippen LogP contribution in [0, 0.1) is 0 Å². The molecule has 0 aliphatic heterocycles. The minimum Gasteiger partial charge on any atom is -0.216 e. The summed E-state index contributed by atoms with van der Waals surface area (Å²) in [5.74, 6) is 0. The Hall–Kier alpha value is -0.130. The van der Waals surface area contributed by atoms with E-state index < -0.39 is 10.2 Å². The fourth-order valence-electron chi connectivity index (χ4n) is 1.48. The molecule has 2 N–H and O–H groups in total. The van der Waals surface area contributed by atoms with Crippen molar-refractivity contribution in [2.45, 2.75) is 31.7 Å². The van der Waals surface area contributed by atoms with E-state index in [1.54, 1.807) is 7.05 Å².